The lowest BCUT2D eigenvalue weighted by Crippen LogP contribution is -2.24. The third-order valence-electron chi connectivity index (χ3n) is 4.51. The van der Waals surface area contributed by atoms with Gasteiger partial charge in [0.25, 0.3) is 0 Å². The molecule has 1 heterocycles. The molecule has 1 aliphatic rings. The summed E-state index contributed by atoms with van der Waals surface area (Å²) < 4.78 is 5.60. The van der Waals surface area contributed by atoms with Gasteiger partial charge in [0.15, 0.2) is 0 Å². The normalized spacial score (nSPS) is 17.6. The summed E-state index contributed by atoms with van der Waals surface area (Å²) in [6.45, 7) is 5.95. The van der Waals surface area contributed by atoms with Gasteiger partial charge >= 0.3 is 0 Å². The maximum absolute atomic E-state index is 11.9. The summed E-state index contributed by atoms with van der Waals surface area (Å²) >= 11 is 0. The minimum absolute atomic E-state index is 0.162. The Morgan fingerprint density at radius 1 is 1.27 bits per heavy atom. The van der Waals surface area contributed by atoms with Crippen molar-refractivity contribution in [1.82, 2.24) is 5.32 Å². The number of rotatable bonds is 8. The van der Waals surface area contributed by atoms with E-state index < -0.39 is 0 Å². The molecule has 3 heteroatoms. The second kappa shape index (κ2) is 8.94. The van der Waals surface area contributed by atoms with Crippen LogP contribution in [-0.2, 0) is 16.0 Å². The Kier molecular flexibility index (Phi) is 6.91. The van der Waals surface area contributed by atoms with Gasteiger partial charge in [-0.25, -0.2) is 0 Å². The van der Waals surface area contributed by atoms with Crippen molar-refractivity contribution in [3.05, 3.63) is 34.9 Å². The number of carbonyl (C=O) groups excluding carboxylic acids is 1. The van der Waals surface area contributed by atoms with Crippen LogP contribution in [0.2, 0.25) is 0 Å². The maximum Gasteiger partial charge on any atom is 0.220 e. The lowest BCUT2D eigenvalue weighted by molar-refractivity contribution is -0.121. The zero-order valence-electron chi connectivity index (χ0n) is 14.0. The first-order chi connectivity index (χ1) is 10.6. The molecule has 1 atom stereocenters. The lowest BCUT2D eigenvalue weighted by atomic mass is 10.0. The van der Waals surface area contributed by atoms with Crippen LogP contribution in [0.1, 0.15) is 55.2 Å². The molecule has 0 aromatic heterocycles. The van der Waals surface area contributed by atoms with Crippen LogP contribution in [0.25, 0.3) is 0 Å². The molecular weight excluding hydrogens is 274 g/mol. The lowest BCUT2D eigenvalue weighted by Gasteiger charge is -2.09. The third kappa shape index (κ3) is 5.80. The SMILES string of the molecule is Cc1ccc(CCC(=O)NCCCC[C@@H]2CCCO2)cc1C. The van der Waals surface area contributed by atoms with Crippen LogP contribution in [0.4, 0.5) is 0 Å². The van der Waals surface area contributed by atoms with Gasteiger partial charge in [-0.3, -0.25) is 4.79 Å². The molecule has 0 bridgehead atoms. The topological polar surface area (TPSA) is 38.3 Å². The summed E-state index contributed by atoms with van der Waals surface area (Å²) in [6.07, 6.45) is 7.62. The van der Waals surface area contributed by atoms with Gasteiger partial charge in [0.05, 0.1) is 6.10 Å². The maximum atomic E-state index is 11.9. The smallest absolute Gasteiger partial charge is 0.220 e. The third-order valence-corrected chi connectivity index (χ3v) is 4.51. The second-order valence-electron chi connectivity index (χ2n) is 6.40. The molecule has 1 aromatic carbocycles. The average molecular weight is 303 g/mol. The van der Waals surface area contributed by atoms with Gasteiger partial charge < -0.3 is 10.1 Å². The summed E-state index contributed by atoms with van der Waals surface area (Å²) in [5, 5.41) is 3.02. The van der Waals surface area contributed by atoms with Crippen LogP contribution in [0.3, 0.4) is 0 Å². The summed E-state index contributed by atoms with van der Waals surface area (Å²) in [4.78, 5) is 11.9. The molecule has 0 radical (unpaired) electrons. The summed E-state index contributed by atoms with van der Waals surface area (Å²) in [5.74, 6) is 0.162. The number of benzene rings is 1. The second-order valence-corrected chi connectivity index (χ2v) is 6.40. The summed E-state index contributed by atoms with van der Waals surface area (Å²) in [5.41, 5.74) is 3.85. The quantitative estimate of drug-likeness (QED) is 0.744. The van der Waals surface area contributed by atoms with Gasteiger partial charge in [0.2, 0.25) is 5.91 Å². The molecule has 1 aliphatic heterocycles. The Balaban J connectivity index is 1.54. The van der Waals surface area contributed by atoms with Crippen molar-refractivity contribution < 1.29 is 9.53 Å². The predicted molar refractivity (Wildman–Crippen MR) is 90.1 cm³/mol. The summed E-state index contributed by atoms with van der Waals surface area (Å²) in [6, 6.07) is 6.44. The van der Waals surface area contributed by atoms with Gasteiger partial charge in [-0.05, 0) is 69.1 Å². The molecule has 1 aromatic rings. The highest BCUT2D eigenvalue weighted by molar-refractivity contribution is 5.76. The minimum Gasteiger partial charge on any atom is -0.378 e. The number of hydrogen-bond acceptors (Lipinski definition) is 2. The highest BCUT2D eigenvalue weighted by Gasteiger charge is 2.14. The van der Waals surface area contributed by atoms with E-state index in [0.717, 1.165) is 38.8 Å². The Morgan fingerprint density at radius 2 is 2.14 bits per heavy atom. The number of carbonyl (C=O) groups is 1. The molecular formula is C19H29NO2. The first kappa shape index (κ1) is 17.0. The van der Waals surface area contributed by atoms with Crippen molar-refractivity contribution in [2.24, 2.45) is 0 Å². The van der Waals surface area contributed by atoms with E-state index in [0.29, 0.717) is 12.5 Å². The first-order valence-corrected chi connectivity index (χ1v) is 8.59. The largest absolute Gasteiger partial charge is 0.378 e. The molecule has 0 saturated carbocycles. The van der Waals surface area contributed by atoms with E-state index in [9.17, 15) is 4.79 Å². The molecule has 1 N–H and O–H groups in total. The van der Waals surface area contributed by atoms with E-state index in [-0.39, 0.29) is 5.91 Å². The van der Waals surface area contributed by atoms with Crippen molar-refractivity contribution in [3.63, 3.8) is 0 Å². The monoisotopic (exact) mass is 303 g/mol. The van der Waals surface area contributed by atoms with E-state index in [1.54, 1.807) is 0 Å². The Hall–Kier alpha value is -1.35. The molecule has 0 unspecified atom stereocenters. The molecule has 22 heavy (non-hydrogen) atoms. The Labute approximate surface area is 134 Å². The molecule has 0 spiro atoms. The van der Waals surface area contributed by atoms with Crippen LogP contribution < -0.4 is 5.32 Å². The fourth-order valence-corrected chi connectivity index (χ4v) is 2.90. The zero-order chi connectivity index (χ0) is 15.8. The Morgan fingerprint density at radius 3 is 2.86 bits per heavy atom. The first-order valence-electron chi connectivity index (χ1n) is 8.59. The standard InChI is InChI=1S/C19H29NO2/c1-15-8-9-17(14-16(15)2)10-11-19(21)20-12-4-3-6-18-7-5-13-22-18/h8-9,14,18H,3-7,10-13H2,1-2H3,(H,20,21)/t18-/m1/s1. The molecule has 0 aliphatic carbocycles. The van der Waals surface area contributed by atoms with Gasteiger partial charge in [-0.2, -0.15) is 0 Å². The van der Waals surface area contributed by atoms with Crippen LogP contribution in [0.5, 0.6) is 0 Å². The number of unbranched alkanes of at least 4 members (excludes halogenated alkanes) is 1. The highest BCUT2D eigenvalue weighted by Crippen LogP contribution is 2.17. The molecule has 122 valence electrons. The van der Waals surface area contributed by atoms with Gasteiger partial charge in [0.1, 0.15) is 0 Å². The fraction of sp³-hybridized carbons (Fsp3) is 0.632. The van der Waals surface area contributed by atoms with Crippen molar-refractivity contribution >= 4 is 5.91 Å². The van der Waals surface area contributed by atoms with E-state index in [1.807, 2.05) is 0 Å². The number of nitrogens with one attached hydrogen (secondary N) is 1. The van der Waals surface area contributed by atoms with Crippen LogP contribution >= 0.6 is 0 Å². The molecule has 1 fully saturated rings. The number of ether oxygens (including phenoxy) is 1. The van der Waals surface area contributed by atoms with E-state index in [4.69, 9.17) is 4.74 Å². The van der Waals surface area contributed by atoms with E-state index in [1.165, 1.54) is 29.5 Å². The van der Waals surface area contributed by atoms with Crippen molar-refractivity contribution in [3.8, 4) is 0 Å². The average Bonchev–Trinajstić information content (AvgIpc) is 3.01. The fourth-order valence-electron chi connectivity index (χ4n) is 2.90. The molecule has 3 nitrogen and oxygen atoms in total. The van der Waals surface area contributed by atoms with Crippen molar-refractivity contribution in [2.75, 3.05) is 13.2 Å². The molecule has 1 amide bonds. The number of hydrogen-bond donors (Lipinski definition) is 1. The Bertz CT molecular complexity index is 478. The van der Waals surface area contributed by atoms with Gasteiger partial charge in [-0.1, -0.05) is 18.2 Å². The van der Waals surface area contributed by atoms with Crippen LogP contribution in [0.15, 0.2) is 18.2 Å². The molecule has 1 saturated heterocycles. The highest BCUT2D eigenvalue weighted by atomic mass is 16.5. The van der Waals surface area contributed by atoms with Gasteiger partial charge in [-0.15, -0.1) is 0 Å². The minimum atomic E-state index is 0.162. The zero-order valence-corrected chi connectivity index (χ0v) is 14.0. The van der Waals surface area contributed by atoms with Crippen molar-refractivity contribution in [1.29, 1.82) is 0 Å². The van der Waals surface area contributed by atoms with Crippen molar-refractivity contribution in [2.45, 2.75) is 64.9 Å². The number of amides is 1. The van der Waals surface area contributed by atoms with E-state index in [2.05, 4.69) is 37.4 Å². The van der Waals surface area contributed by atoms with Gasteiger partial charge in [0, 0.05) is 19.6 Å². The summed E-state index contributed by atoms with van der Waals surface area (Å²) in [7, 11) is 0. The number of aryl methyl sites for hydroxylation is 3. The van der Waals surface area contributed by atoms with Crippen LogP contribution in [0, 0.1) is 13.8 Å². The predicted octanol–water partition coefficient (Wildman–Crippen LogP) is 3.70. The molecule has 2 rings (SSSR count). The van der Waals surface area contributed by atoms with Crippen LogP contribution in [-0.4, -0.2) is 25.2 Å². The van der Waals surface area contributed by atoms with E-state index >= 15 is 0 Å².